The third kappa shape index (κ3) is 3.16. The van der Waals surface area contributed by atoms with Crippen molar-refractivity contribution in [1.29, 1.82) is 0 Å². The monoisotopic (exact) mass is 439 g/mol. The van der Waals surface area contributed by atoms with Crippen LogP contribution in [0.5, 0.6) is 0 Å². The molecule has 0 spiro atoms. The molecule has 2 N–H and O–H groups in total. The minimum absolute atomic E-state index is 0.558. The zero-order valence-electron chi connectivity index (χ0n) is 13.8. The van der Waals surface area contributed by atoms with Gasteiger partial charge in [0.1, 0.15) is 0 Å². The number of imidazole rings is 1. The maximum absolute atomic E-state index is 10.3. The standard InChI is InChI=1S/C12H12N5OS.3CH3.Sn/c1-8-6-15-11-10(14-4-3-13-7-18)16-9-2-5-19-12(9)17(8)11;;;;/h2,6-7H,3-4H2,1H3,(H,13,18)(H,14,16);3*1H3;. The number of rotatable bonds is 6. The first kappa shape index (κ1) is 16.5. The fourth-order valence-corrected chi connectivity index (χ4v) is 8.73. The summed E-state index contributed by atoms with van der Waals surface area (Å²) in [5, 5.41) is 5.93. The number of thiophene rings is 1. The molecule has 0 fully saturated rings. The Morgan fingerprint density at radius 3 is 2.83 bits per heavy atom. The molecule has 0 atom stereocenters. The van der Waals surface area contributed by atoms with Crippen LogP contribution in [-0.2, 0) is 4.79 Å². The van der Waals surface area contributed by atoms with E-state index in [0.29, 0.717) is 19.5 Å². The van der Waals surface area contributed by atoms with Gasteiger partial charge in [-0.25, -0.2) is 0 Å². The number of fused-ring (bicyclic) bond motifs is 3. The topological polar surface area (TPSA) is 71.3 Å². The van der Waals surface area contributed by atoms with E-state index in [1.807, 2.05) is 17.5 Å². The maximum atomic E-state index is 10.3. The van der Waals surface area contributed by atoms with Crippen molar-refractivity contribution in [1.82, 2.24) is 19.7 Å². The summed E-state index contributed by atoms with van der Waals surface area (Å²) in [6, 6.07) is 2.25. The van der Waals surface area contributed by atoms with Crippen LogP contribution in [0.25, 0.3) is 16.0 Å². The summed E-state index contributed by atoms with van der Waals surface area (Å²) in [4.78, 5) is 28.1. The van der Waals surface area contributed by atoms with E-state index in [0.717, 1.165) is 22.7 Å². The van der Waals surface area contributed by atoms with Crippen molar-refractivity contribution in [2.45, 2.75) is 21.7 Å². The number of carbonyl (C=O) groups excluding carboxylic acids is 1. The molecule has 0 aliphatic carbocycles. The number of amides is 1. The summed E-state index contributed by atoms with van der Waals surface area (Å²) >= 11 is -0.271. The Bertz CT molecular complexity index is 864. The molecule has 0 unspecified atom stereocenters. The van der Waals surface area contributed by atoms with Gasteiger partial charge in [0.15, 0.2) is 0 Å². The number of aryl methyl sites for hydroxylation is 1. The van der Waals surface area contributed by atoms with Crippen LogP contribution in [0.3, 0.4) is 0 Å². The van der Waals surface area contributed by atoms with Crippen molar-refractivity contribution in [2.75, 3.05) is 18.4 Å². The molecule has 0 bridgehead atoms. The van der Waals surface area contributed by atoms with E-state index in [2.05, 4.69) is 47.8 Å². The molecule has 3 aromatic rings. The van der Waals surface area contributed by atoms with Gasteiger partial charge in [-0.2, -0.15) is 0 Å². The number of hydrogen-bond donors (Lipinski definition) is 2. The van der Waals surface area contributed by atoms with Crippen LogP contribution >= 0.6 is 11.3 Å². The predicted molar refractivity (Wildman–Crippen MR) is 98.6 cm³/mol. The summed E-state index contributed by atoms with van der Waals surface area (Å²) in [5.74, 6) is 0.770. The van der Waals surface area contributed by atoms with Crippen LogP contribution in [0, 0.1) is 6.92 Å². The quantitative estimate of drug-likeness (QED) is 0.351. The van der Waals surface area contributed by atoms with Crippen LogP contribution in [0.2, 0.25) is 14.8 Å². The Labute approximate surface area is 143 Å². The van der Waals surface area contributed by atoms with Crippen molar-refractivity contribution in [3.05, 3.63) is 18.0 Å². The third-order valence-corrected chi connectivity index (χ3v) is 14.2. The average Bonchev–Trinajstić information content (AvgIpc) is 3.06. The molecule has 122 valence electrons. The van der Waals surface area contributed by atoms with Crippen LogP contribution < -0.4 is 13.5 Å². The van der Waals surface area contributed by atoms with Crippen LogP contribution in [0.1, 0.15) is 5.69 Å². The molecule has 0 saturated carbocycles. The van der Waals surface area contributed by atoms with Gasteiger partial charge < -0.3 is 0 Å². The first-order valence-electron chi connectivity index (χ1n) is 7.61. The van der Waals surface area contributed by atoms with Gasteiger partial charge in [-0.05, 0) is 0 Å². The van der Waals surface area contributed by atoms with Gasteiger partial charge in [-0.15, -0.1) is 0 Å². The van der Waals surface area contributed by atoms with Gasteiger partial charge in [0.2, 0.25) is 0 Å². The molecule has 8 heteroatoms. The van der Waals surface area contributed by atoms with E-state index >= 15 is 0 Å². The van der Waals surface area contributed by atoms with Crippen molar-refractivity contribution in [3.8, 4) is 0 Å². The van der Waals surface area contributed by atoms with Crippen LogP contribution in [0.15, 0.2) is 12.3 Å². The molecule has 0 aliphatic rings. The van der Waals surface area contributed by atoms with Gasteiger partial charge in [0.05, 0.1) is 0 Å². The summed E-state index contributed by atoms with van der Waals surface area (Å²) in [6.07, 6.45) is 2.58. The Morgan fingerprint density at radius 2 is 2.13 bits per heavy atom. The van der Waals surface area contributed by atoms with Crippen molar-refractivity contribution >= 4 is 60.8 Å². The fraction of sp³-hybridized carbons (Fsp3) is 0.400. The van der Waals surface area contributed by atoms with Crippen molar-refractivity contribution in [3.63, 3.8) is 0 Å². The molecule has 0 saturated heterocycles. The first-order chi connectivity index (χ1) is 10.9. The van der Waals surface area contributed by atoms with Gasteiger partial charge in [-0.3, -0.25) is 0 Å². The molecule has 0 aliphatic heterocycles. The number of nitrogens with one attached hydrogen (secondary N) is 2. The van der Waals surface area contributed by atoms with Crippen molar-refractivity contribution < 1.29 is 4.79 Å². The van der Waals surface area contributed by atoms with Gasteiger partial charge in [-0.1, -0.05) is 0 Å². The molecule has 23 heavy (non-hydrogen) atoms. The van der Waals surface area contributed by atoms with E-state index in [1.54, 1.807) is 0 Å². The third-order valence-electron chi connectivity index (χ3n) is 3.66. The van der Waals surface area contributed by atoms with Crippen molar-refractivity contribution in [2.24, 2.45) is 0 Å². The molecule has 6 nitrogen and oxygen atoms in total. The molecular formula is C15H21N5OSSn. The number of carbonyl (C=O) groups is 1. The minimum atomic E-state index is -2.13. The molecule has 3 heterocycles. The predicted octanol–water partition coefficient (Wildman–Crippen LogP) is 1.96. The normalized spacial score (nSPS) is 12.0. The van der Waals surface area contributed by atoms with E-state index in [9.17, 15) is 4.79 Å². The van der Waals surface area contributed by atoms with E-state index in [-0.39, 0.29) is 0 Å². The number of aromatic nitrogens is 3. The SMILES string of the molecule is Cc1cnc2c(NCCNC=O)nc3c[c]([Sn]([CH3])([CH3])[CH3])sc3n12. The number of anilines is 1. The Morgan fingerprint density at radius 1 is 1.35 bits per heavy atom. The molecule has 3 aromatic heterocycles. The van der Waals surface area contributed by atoms with E-state index in [1.165, 1.54) is 7.72 Å². The fourth-order valence-electron chi connectivity index (χ4n) is 2.44. The summed E-state index contributed by atoms with van der Waals surface area (Å²) < 4.78 is 3.69. The molecular weight excluding hydrogens is 417 g/mol. The summed E-state index contributed by atoms with van der Waals surface area (Å²) in [5.41, 5.74) is 2.98. The Hall–Kier alpha value is -1.35. The zero-order valence-corrected chi connectivity index (χ0v) is 17.5. The Balaban J connectivity index is 2.11. The second kappa shape index (κ2) is 6.27. The molecule has 3 rings (SSSR count). The second-order valence-corrected chi connectivity index (χ2v) is 23.0. The second-order valence-electron chi connectivity index (χ2n) is 6.57. The van der Waals surface area contributed by atoms with Crippen LogP contribution in [-0.4, -0.2) is 52.2 Å². The van der Waals surface area contributed by atoms with Gasteiger partial charge in [0.25, 0.3) is 0 Å². The van der Waals surface area contributed by atoms with Gasteiger partial charge in [0, 0.05) is 0 Å². The molecule has 0 aromatic carbocycles. The molecule has 0 radical (unpaired) electrons. The zero-order chi connectivity index (χ0) is 16.6. The summed E-state index contributed by atoms with van der Waals surface area (Å²) in [7, 11) is 0. The average molecular weight is 438 g/mol. The van der Waals surface area contributed by atoms with Crippen LogP contribution in [0.4, 0.5) is 5.82 Å². The number of hydrogen-bond acceptors (Lipinski definition) is 5. The Kier molecular flexibility index (Phi) is 4.50. The number of nitrogens with zero attached hydrogens (tertiary/aromatic N) is 3. The van der Waals surface area contributed by atoms with E-state index in [4.69, 9.17) is 4.98 Å². The first-order valence-corrected chi connectivity index (χ1v) is 18.4. The molecule has 1 amide bonds. The van der Waals surface area contributed by atoms with Gasteiger partial charge >= 0.3 is 143 Å². The summed E-state index contributed by atoms with van der Waals surface area (Å²) in [6.45, 7) is 3.24. The van der Waals surface area contributed by atoms with E-state index < -0.39 is 18.4 Å².